The first-order valence-electron chi connectivity index (χ1n) is 5.18. The first-order valence-corrected chi connectivity index (χ1v) is 5.18. The van der Waals surface area contributed by atoms with Crippen LogP contribution in [0.25, 0.3) is 0 Å². The molecule has 1 atom stereocenters. The molecule has 1 aromatic carbocycles. The van der Waals surface area contributed by atoms with Gasteiger partial charge in [-0.2, -0.15) is 0 Å². The molecule has 16 heavy (non-hydrogen) atoms. The average molecular weight is 220 g/mol. The van der Waals surface area contributed by atoms with Gasteiger partial charge in [-0.25, -0.2) is 0 Å². The highest BCUT2D eigenvalue weighted by Crippen LogP contribution is 2.29. The smallest absolute Gasteiger partial charge is 0.304 e. The Morgan fingerprint density at radius 3 is 2.69 bits per heavy atom. The molecule has 0 heterocycles. The SMILES string of the molecule is CC=C(C)[C@@H](CC(=O)O)c1cccc(O)c1. The van der Waals surface area contributed by atoms with Gasteiger partial charge in [0.1, 0.15) is 5.75 Å². The number of benzene rings is 1. The largest absolute Gasteiger partial charge is 0.508 e. The number of phenols is 1. The molecule has 3 nitrogen and oxygen atoms in total. The molecule has 0 aliphatic heterocycles. The third-order valence-electron chi connectivity index (χ3n) is 2.66. The lowest BCUT2D eigenvalue weighted by Gasteiger charge is -2.16. The van der Waals surface area contributed by atoms with E-state index >= 15 is 0 Å². The predicted molar refractivity (Wildman–Crippen MR) is 62.5 cm³/mol. The standard InChI is InChI=1S/C13H16O3/c1-3-9(2)12(8-13(15)16)10-5-4-6-11(14)7-10/h3-7,12,14H,8H2,1-2H3,(H,15,16)/t12-/m1/s1. The van der Waals surface area contributed by atoms with Crippen molar-refractivity contribution in [2.24, 2.45) is 0 Å². The summed E-state index contributed by atoms with van der Waals surface area (Å²) in [5.74, 6) is -0.846. The molecule has 0 saturated carbocycles. The topological polar surface area (TPSA) is 57.5 Å². The maximum atomic E-state index is 10.8. The first kappa shape index (κ1) is 12.3. The van der Waals surface area contributed by atoms with Crippen molar-refractivity contribution in [1.82, 2.24) is 0 Å². The second-order valence-electron chi connectivity index (χ2n) is 3.78. The van der Waals surface area contributed by atoms with Gasteiger partial charge in [0.2, 0.25) is 0 Å². The predicted octanol–water partition coefficient (Wildman–Crippen LogP) is 2.92. The average Bonchev–Trinajstić information content (AvgIpc) is 2.24. The Labute approximate surface area is 95.0 Å². The highest BCUT2D eigenvalue weighted by atomic mass is 16.4. The molecule has 0 saturated heterocycles. The number of allylic oxidation sites excluding steroid dienone is 2. The molecule has 0 aromatic heterocycles. The monoisotopic (exact) mass is 220 g/mol. The molecule has 0 aliphatic rings. The van der Waals surface area contributed by atoms with Crippen molar-refractivity contribution in [3.63, 3.8) is 0 Å². The van der Waals surface area contributed by atoms with Gasteiger partial charge < -0.3 is 10.2 Å². The third kappa shape index (κ3) is 3.12. The number of carboxylic acids is 1. The lowest BCUT2D eigenvalue weighted by Crippen LogP contribution is -2.07. The number of phenolic OH excluding ortho intramolecular Hbond substituents is 1. The zero-order chi connectivity index (χ0) is 12.1. The fourth-order valence-corrected chi connectivity index (χ4v) is 1.66. The van der Waals surface area contributed by atoms with Crippen LogP contribution in [-0.2, 0) is 4.79 Å². The Bertz CT molecular complexity index is 407. The quantitative estimate of drug-likeness (QED) is 0.767. The summed E-state index contributed by atoms with van der Waals surface area (Å²) in [6.07, 6.45) is 1.94. The number of carboxylic acid groups (broad SMARTS) is 1. The fraction of sp³-hybridized carbons (Fsp3) is 0.308. The Hall–Kier alpha value is -1.77. The molecule has 0 spiro atoms. The first-order chi connectivity index (χ1) is 7.54. The van der Waals surface area contributed by atoms with E-state index in [1.807, 2.05) is 26.0 Å². The van der Waals surface area contributed by atoms with Gasteiger partial charge >= 0.3 is 5.97 Å². The second-order valence-corrected chi connectivity index (χ2v) is 3.78. The van der Waals surface area contributed by atoms with Gasteiger partial charge in [0.05, 0.1) is 6.42 Å². The maximum Gasteiger partial charge on any atom is 0.304 e. The van der Waals surface area contributed by atoms with E-state index in [1.165, 1.54) is 0 Å². The van der Waals surface area contributed by atoms with Crippen molar-refractivity contribution in [2.75, 3.05) is 0 Å². The van der Waals surface area contributed by atoms with Crippen molar-refractivity contribution in [2.45, 2.75) is 26.2 Å². The van der Waals surface area contributed by atoms with Gasteiger partial charge in [-0.05, 0) is 31.5 Å². The fourth-order valence-electron chi connectivity index (χ4n) is 1.66. The molecule has 86 valence electrons. The second kappa shape index (κ2) is 5.35. The van der Waals surface area contributed by atoms with Crippen molar-refractivity contribution >= 4 is 5.97 Å². The molecule has 1 aromatic rings. The van der Waals surface area contributed by atoms with E-state index in [1.54, 1.807) is 18.2 Å². The number of hydrogen-bond donors (Lipinski definition) is 2. The normalized spacial score (nSPS) is 13.5. The van der Waals surface area contributed by atoms with Crippen molar-refractivity contribution < 1.29 is 15.0 Å². The summed E-state index contributed by atoms with van der Waals surface area (Å²) in [5.41, 5.74) is 1.83. The Kier molecular flexibility index (Phi) is 4.11. The number of aromatic hydroxyl groups is 1. The minimum absolute atomic E-state index is 0.0413. The minimum Gasteiger partial charge on any atom is -0.508 e. The number of rotatable bonds is 4. The highest BCUT2D eigenvalue weighted by molar-refractivity contribution is 5.69. The summed E-state index contributed by atoms with van der Waals surface area (Å²) in [6, 6.07) is 6.75. The molecule has 0 aliphatic carbocycles. The minimum atomic E-state index is -0.838. The molecule has 3 heteroatoms. The molecule has 0 bridgehead atoms. The van der Waals surface area contributed by atoms with Crippen molar-refractivity contribution in [1.29, 1.82) is 0 Å². The Balaban J connectivity index is 3.05. The Morgan fingerprint density at radius 2 is 2.19 bits per heavy atom. The molecule has 0 fully saturated rings. The van der Waals surface area contributed by atoms with Gasteiger partial charge in [-0.15, -0.1) is 0 Å². The van der Waals surface area contributed by atoms with Crippen molar-refractivity contribution in [3.05, 3.63) is 41.5 Å². The molecule has 1 rings (SSSR count). The van der Waals surface area contributed by atoms with Crippen LogP contribution < -0.4 is 0 Å². The zero-order valence-corrected chi connectivity index (χ0v) is 9.47. The zero-order valence-electron chi connectivity index (χ0n) is 9.47. The van der Waals surface area contributed by atoms with Crippen LogP contribution in [-0.4, -0.2) is 16.2 Å². The number of carbonyl (C=O) groups is 1. The molecule has 0 unspecified atom stereocenters. The molecular weight excluding hydrogens is 204 g/mol. The van der Waals surface area contributed by atoms with E-state index < -0.39 is 5.97 Å². The van der Waals surface area contributed by atoms with E-state index in [9.17, 15) is 9.90 Å². The summed E-state index contributed by atoms with van der Waals surface area (Å²) < 4.78 is 0. The summed E-state index contributed by atoms with van der Waals surface area (Å²) in [5, 5.41) is 18.3. The van der Waals surface area contributed by atoms with Crippen LogP contribution in [0.1, 0.15) is 31.7 Å². The molecule has 0 radical (unpaired) electrons. The Morgan fingerprint density at radius 1 is 1.50 bits per heavy atom. The van der Waals surface area contributed by atoms with Gasteiger partial charge in [0.15, 0.2) is 0 Å². The number of aliphatic carboxylic acids is 1. The van der Waals surface area contributed by atoms with Crippen LogP contribution in [0.5, 0.6) is 5.75 Å². The summed E-state index contributed by atoms with van der Waals surface area (Å²) in [4.78, 5) is 10.8. The van der Waals surface area contributed by atoms with Gasteiger partial charge in [-0.3, -0.25) is 4.79 Å². The molecule has 2 N–H and O–H groups in total. The van der Waals surface area contributed by atoms with Crippen LogP contribution in [0.15, 0.2) is 35.9 Å². The van der Waals surface area contributed by atoms with E-state index in [0.717, 1.165) is 11.1 Å². The van der Waals surface area contributed by atoms with E-state index in [4.69, 9.17) is 5.11 Å². The van der Waals surface area contributed by atoms with Gasteiger partial charge in [0, 0.05) is 5.92 Å². The van der Waals surface area contributed by atoms with Crippen LogP contribution >= 0.6 is 0 Å². The lowest BCUT2D eigenvalue weighted by atomic mass is 9.89. The molecular formula is C13H16O3. The van der Waals surface area contributed by atoms with E-state index in [0.29, 0.717) is 0 Å². The van der Waals surface area contributed by atoms with E-state index in [2.05, 4.69) is 0 Å². The van der Waals surface area contributed by atoms with Gasteiger partial charge in [-0.1, -0.05) is 23.8 Å². The summed E-state index contributed by atoms with van der Waals surface area (Å²) >= 11 is 0. The maximum absolute atomic E-state index is 10.8. The summed E-state index contributed by atoms with van der Waals surface area (Å²) in [7, 11) is 0. The summed E-state index contributed by atoms with van der Waals surface area (Å²) in [6.45, 7) is 3.78. The molecule has 0 amide bonds. The van der Waals surface area contributed by atoms with Crippen LogP contribution in [0.4, 0.5) is 0 Å². The van der Waals surface area contributed by atoms with Crippen molar-refractivity contribution in [3.8, 4) is 5.75 Å². The number of hydrogen-bond acceptors (Lipinski definition) is 2. The highest BCUT2D eigenvalue weighted by Gasteiger charge is 2.17. The van der Waals surface area contributed by atoms with E-state index in [-0.39, 0.29) is 18.1 Å². The van der Waals surface area contributed by atoms with Crippen LogP contribution in [0.3, 0.4) is 0 Å². The van der Waals surface area contributed by atoms with Gasteiger partial charge in [0.25, 0.3) is 0 Å². The van der Waals surface area contributed by atoms with Crippen LogP contribution in [0.2, 0.25) is 0 Å². The third-order valence-corrected chi connectivity index (χ3v) is 2.66. The van der Waals surface area contributed by atoms with Crippen LogP contribution in [0, 0.1) is 0 Å². The lowest BCUT2D eigenvalue weighted by molar-refractivity contribution is -0.137.